The third kappa shape index (κ3) is 2.39. The van der Waals surface area contributed by atoms with Crippen molar-refractivity contribution in [1.29, 1.82) is 0 Å². The van der Waals surface area contributed by atoms with Crippen LogP contribution in [-0.2, 0) is 6.54 Å². The smallest absolute Gasteiger partial charge is 0.193 e. The fourth-order valence-corrected chi connectivity index (χ4v) is 2.27. The van der Waals surface area contributed by atoms with Gasteiger partial charge in [0.25, 0.3) is 0 Å². The molecule has 1 aromatic heterocycles. The predicted octanol–water partition coefficient (Wildman–Crippen LogP) is 2.01. The van der Waals surface area contributed by atoms with E-state index >= 15 is 0 Å². The topological polar surface area (TPSA) is 42.0 Å². The van der Waals surface area contributed by atoms with Crippen LogP contribution in [0.3, 0.4) is 0 Å². The highest BCUT2D eigenvalue weighted by molar-refractivity contribution is 7.13. The van der Waals surface area contributed by atoms with Crippen molar-refractivity contribution in [2.24, 2.45) is 5.92 Å². The lowest BCUT2D eigenvalue weighted by Crippen LogP contribution is -2.06. The van der Waals surface area contributed by atoms with Crippen LogP contribution < -0.4 is 5.32 Å². The Kier molecular flexibility index (Phi) is 3.77. The maximum absolute atomic E-state index is 11.6. The molecule has 0 radical (unpaired) electrons. The van der Waals surface area contributed by atoms with E-state index < -0.39 is 0 Å². The zero-order chi connectivity index (χ0) is 10.7. The standard InChI is InChI=1S/C10H16N2OS/c1-6(2)9(13)10-12-7(3)8(14-10)5-11-4/h6,11H,5H2,1-4H3. The lowest BCUT2D eigenvalue weighted by Gasteiger charge is -1.97. The second kappa shape index (κ2) is 4.66. The van der Waals surface area contributed by atoms with Gasteiger partial charge in [-0.2, -0.15) is 0 Å². The highest BCUT2D eigenvalue weighted by Gasteiger charge is 2.16. The molecule has 0 spiro atoms. The van der Waals surface area contributed by atoms with Crippen molar-refractivity contribution in [1.82, 2.24) is 10.3 Å². The van der Waals surface area contributed by atoms with Gasteiger partial charge < -0.3 is 5.32 Å². The number of aromatic nitrogens is 1. The second-order valence-electron chi connectivity index (χ2n) is 3.58. The number of Topliss-reactive ketones (excluding diaryl/α,β-unsaturated/α-hetero) is 1. The zero-order valence-corrected chi connectivity index (χ0v) is 9.86. The summed E-state index contributed by atoms with van der Waals surface area (Å²) in [5.41, 5.74) is 0.966. The molecular weight excluding hydrogens is 196 g/mol. The van der Waals surface area contributed by atoms with Crippen molar-refractivity contribution in [2.75, 3.05) is 7.05 Å². The van der Waals surface area contributed by atoms with Crippen molar-refractivity contribution in [2.45, 2.75) is 27.3 Å². The molecule has 0 saturated heterocycles. The summed E-state index contributed by atoms with van der Waals surface area (Å²) >= 11 is 1.50. The van der Waals surface area contributed by atoms with Gasteiger partial charge in [-0.25, -0.2) is 4.98 Å². The van der Waals surface area contributed by atoms with Crippen molar-refractivity contribution in [3.05, 3.63) is 15.6 Å². The molecule has 0 amide bonds. The van der Waals surface area contributed by atoms with Gasteiger partial charge in [-0.05, 0) is 14.0 Å². The Labute approximate surface area is 88.6 Å². The first-order valence-corrected chi connectivity index (χ1v) is 5.53. The number of thiazole rings is 1. The lowest BCUT2D eigenvalue weighted by atomic mass is 10.1. The second-order valence-corrected chi connectivity index (χ2v) is 4.66. The molecule has 14 heavy (non-hydrogen) atoms. The van der Waals surface area contributed by atoms with Gasteiger partial charge in [0.05, 0.1) is 5.69 Å². The SMILES string of the molecule is CNCc1sc(C(=O)C(C)C)nc1C. The Morgan fingerprint density at radius 3 is 2.71 bits per heavy atom. The van der Waals surface area contributed by atoms with Crippen molar-refractivity contribution in [3.8, 4) is 0 Å². The quantitative estimate of drug-likeness (QED) is 0.776. The molecule has 1 aromatic rings. The lowest BCUT2D eigenvalue weighted by molar-refractivity contribution is 0.0939. The Hall–Kier alpha value is -0.740. The average molecular weight is 212 g/mol. The number of aryl methyl sites for hydroxylation is 1. The molecular formula is C10H16N2OS. The monoisotopic (exact) mass is 212 g/mol. The van der Waals surface area contributed by atoms with Gasteiger partial charge in [-0.1, -0.05) is 13.8 Å². The normalized spacial score (nSPS) is 10.9. The molecule has 1 heterocycles. The molecule has 3 nitrogen and oxygen atoms in total. The largest absolute Gasteiger partial charge is 0.315 e. The van der Waals surface area contributed by atoms with E-state index in [-0.39, 0.29) is 11.7 Å². The molecule has 78 valence electrons. The van der Waals surface area contributed by atoms with Crippen LogP contribution in [0.25, 0.3) is 0 Å². The van der Waals surface area contributed by atoms with Gasteiger partial charge in [-0.15, -0.1) is 11.3 Å². The molecule has 0 aliphatic carbocycles. The first-order valence-electron chi connectivity index (χ1n) is 4.71. The van der Waals surface area contributed by atoms with Crippen LogP contribution in [0.5, 0.6) is 0 Å². The molecule has 0 aliphatic heterocycles. The van der Waals surface area contributed by atoms with Gasteiger partial charge in [-0.3, -0.25) is 4.79 Å². The Morgan fingerprint density at radius 2 is 2.21 bits per heavy atom. The van der Waals surface area contributed by atoms with Gasteiger partial charge in [0.15, 0.2) is 10.8 Å². The number of hydrogen-bond donors (Lipinski definition) is 1. The molecule has 4 heteroatoms. The maximum atomic E-state index is 11.6. The van der Waals surface area contributed by atoms with Crippen molar-refractivity contribution < 1.29 is 4.79 Å². The average Bonchev–Trinajstić information content (AvgIpc) is 2.47. The van der Waals surface area contributed by atoms with E-state index in [4.69, 9.17) is 0 Å². The van der Waals surface area contributed by atoms with Gasteiger partial charge in [0, 0.05) is 17.3 Å². The Balaban J connectivity index is 2.90. The maximum Gasteiger partial charge on any atom is 0.193 e. The molecule has 0 unspecified atom stereocenters. The Bertz CT molecular complexity index is 331. The molecule has 1 rings (SSSR count). The third-order valence-electron chi connectivity index (χ3n) is 1.97. The summed E-state index contributed by atoms with van der Waals surface area (Å²) in [4.78, 5) is 17.1. The van der Waals surface area contributed by atoms with Crippen LogP contribution in [0.15, 0.2) is 0 Å². The highest BCUT2D eigenvalue weighted by Crippen LogP contribution is 2.20. The van der Waals surface area contributed by atoms with E-state index in [1.807, 2.05) is 27.8 Å². The summed E-state index contributed by atoms with van der Waals surface area (Å²) < 4.78 is 0. The molecule has 0 atom stereocenters. The summed E-state index contributed by atoms with van der Waals surface area (Å²) in [5, 5.41) is 3.71. The van der Waals surface area contributed by atoms with Crippen molar-refractivity contribution in [3.63, 3.8) is 0 Å². The van der Waals surface area contributed by atoms with Crippen LogP contribution >= 0.6 is 11.3 Å². The molecule has 1 N–H and O–H groups in total. The first kappa shape index (κ1) is 11.3. The van der Waals surface area contributed by atoms with Crippen LogP contribution in [0.4, 0.5) is 0 Å². The van der Waals surface area contributed by atoms with Crippen LogP contribution in [-0.4, -0.2) is 17.8 Å². The minimum atomic E-state index is 0.0305. The summed E-state index contributed by atoms with van der Waals surface area (Å²) in [5.74, 6) is 0.170. The number of ketones is 1. The minimum Gasteiger partial charge on any atom is -0.315 e. The number of rotatable bonds is 4. The van der Waals surface area contributed by atoms with Crippen LogP contribution in [0, 0.1) is 12.8 Å². The molecule has 0 fully saturated rings. The molecule has 0 aromatic carbocycles. The van der Waals surface area contributed by atoms with Gasteiger partial charge in [0.1, 0.15) is 0 Å². The van der Waals surface area contributed by atoms with Gasteiger partial charge in [0.2, 0.25) is 0 Å². The van der Waals surface area contributed by atoms with Crippen LogP contribution in [0.1, 0.15) is 34.2 Å². The minimum absolute atomic E-state index is 0.0305. The number of nitrogens with zero attached hydrogens (tertiary/aromatic N) is 1. The van der Waals surface area contributed by atoms with Crippen molar-refractivity contribution >= 4 is 17.1 Å². The van der Waals surface area contributed by atoms with Gasteiger partial charge >= 0.3 is 0 Å². The van der Waals surface area contributed by atoms with E-state index in [1.165, 1.54) is 11.3 Å². The fourth-order valence-electron chi connectivity index (χ4n) is 1.10. The molecule has 0 saturated carbocycles. The fraction of sp³-hybridized carbons (Fsp3) is 0.600. The summed E-state index contributed by atoms with van der Waals surface area (Å²) in [6.45, 7) is 6.53. The highest BCUT2D eigenvalue weighted by atomic mass is 32.1. The zero-order valence-electron chi connectivity index (χ0n) is 9.05. The van der Waals surface area contributed by atoms with Crippen LogP contribution in [0.2, 0.25) is 0 Å². The summed E-state index contributed by atoms with van der Waals surface area (Å²) in [6.07, 6.45) is 0. The van der Waals surface area contributed by atoms with E-state index in [2.05, 4.69) is 10.3 Å². The predicted molar refractivity (Wildman–Crippen MR) is 58.8 cm³/mol. The molecule has 0 aliphatic rings. The number of carbonyl (C=O) groups is 1. The van der Waals surface area contributed by atoms with E-state index in [0.29, 0.717) is 5.01 Å². The van der Waals surface area contributed by atoms with E-state index in [9.17, 15) is 4.79 Å². The third-order valence-corrected chi connectivity index (χ3v) is 3.14. The number of nitrogens with one attached hydrogen (secondary N) is 1. The number of carbonyl (C=O) groups excluding carboxylic acids is 1. The summed E-state index contributed by atoms with van der Waals surface area (Å²) in [6, 6.07) is 0. The van der Waals surface area contributed by atoms with E-state index in [1.54, 1.807) is 0 Å². The Morgan fingerprint density at radius 1 is 1.57 bits per heavy atom. The first-order chi connectivity index (χ1) is 6.56. The summed E-state index contributed by atoms with van der Waals surface area (Å²) in [7, 11) is 1.89. The molecule has 0 bridgehead atoms. The number of hydrogen-bond acceptors (Lipinski definition) is 4. The van der Waals surface area contributed by atoms with E-state index in [0.717, 1.165) is 17.1 Å².